The molecule has 2 aliphatic carbocycles. The van der Waals surface area contributed by atoms with Crippen LogP contribution in [0.3, 0.4) is 0 Å². The van der Waals surface area contributed by atoms with Gasteiger partial charge < -0.3 is 4.74 Å². The average Bonchev–Trinajstić information content (AvgIpc) is 3.07. The molecule has 0 radical (unpaired) electrons. The zero-order chi connectivity index (χ0) is 10.7. The maximum absolute atomic E-state index is 8.79. The second-order valence-corrected chi connectivity index (χ2v) is 5.03. The highest BCUT2D eigenvalue weighted by molar-refractivity contribution is 5.02. The first-order chi connectivity index (χ1) is 7.29. The molecule has 2 fully saturated rings. The summed E-state index contributed by atoms with van der Waals surface area (Å²) in [4.78, 5) is 2.54. The summed E-state index contributed by atoms with van der Waals surface area (Å²) in [6.45, 7) is 2.97. The number of nitriles is 1. The van der Waals surface area contributed by atoms with Crippen LogP contribution in [0, 0.1) is 16.7 Å². The van der Waals surface area contributed by atoms with E-state index in [9.17, 15) is 0 Å². The van der Waals surface area contributed by atoms with Crippen LogP contribution >= 0.6 is 0 Å². The Hall–Kier alpha value is -0.590. The molecule has 0 bridgehead atoms. The molecule has 0 saturated heterocycles. The Morgan fingerprint density at radius 2 is 2.20 bits per heavy atom. The average molecular weight is 208 g/mol. The van der Waals surface area contributed by atoms with Crippen LogP contribution in [-0.4, -0.2) is 37.7 Å². The topological polar surface area (TPSA) is 36.3 Å². The number of nitrogens with zero attached hydrogens (tertiary/aromatic N) is 2. The van der Waals surface area contributed by atoms with E-state index in [2.05, 4.69) is 11.0 Å². The van der Waals surface area contributed by atoms with Gasteiger partial charge in [0, 0.05) is 32.7 Å². The summed E-state index contributed by atoms with van der Waals surface area (Å²) in [6, 6.07) is 3.12. The molecule has 15 heavy (non-hydrogen) atoms. The molecule has 0 unspecified atom stereocenters. The van der Waals surface area contributed by atoms with Gasteiger partial charge in [0.1, 0.15) is 0 Å². The molecule has 3 heteroatoms. The predicted octanol–water partition coefficient (Wildman–Crippen LogP) is 1.79. The lowest BCUT2D eigenvalue weighted by atomic mass is 10.0. The molecule has 0 aliphatic heterocycles. The van der Waals surface area contributed by atoms with Gasteiger partial charge in [-0.2, -0.15) is 5.26 Å². The van der Waals surface area contributed by atoms with E-state index >= 15 is 0 Å². The lowest BCUT2D eigenvalue weighted by Gasteiger charge is -2.25. The number of hydrogen-bond donors (Lipinski definition) is 0. The number of ether oxygens (including phenoxy) is 1. The van der Waals surface area contributed by atoms with E-state index in [1.807, 2.05) is 0 Å². The standard InChI is InChI=1S/C12H20N2O/c1-15-9-8-14(11-2-3-11)10-12(4-5-12)6-7-13/h11H,2-6,8-10H2,1H3. The molecule has 0 heterocycles. The molecule has 0 atom stereocenters. The van der Waals surface area contributed by atoms with Crippen LogP contribution in [0.25, 0.3) is 0 Å². The summed E-state index contributed by atoms with van der Waals surface area (Å²) in [5, 5.41) is 8.79. The molecular weight excluding hydrogens is 188 g/mol. The lowest BCUT2D eigenvalue weighted by molar-refractivity contribution is 0.128. The molecule has 2 saturated carbocycles. The molecule has 0 spiro atoms. The summed E-state index contributed by atoms with van der Waals surface area (Å²) in [5.41, 5.74) is 0.352. The van der Waals surface area contributed by atoms with Crippen LogP contribution in [0.2, 0.25) is 0 Å². The first kappa shape index (κ1) is 10.9. The Kier molecular flexibility index (Phi) is 3.28. The Morgan fingerprint density at radius 3 is 2.67 bits per heavy atom. The van der Waals surface area contributed by atoms with Gasteiger partial charge in [0.2, 0.25) is 0 Å². The third kappa shape index (κ3) is 2.93. The van der Waals surface area contributed by atoms with Gasteiger partial charge in [-0.1, -0.05) is 0 Å². The van der Waals surface area contributed by atoms with Gasteiger partial charge in [-0.25, -0.2) is 0 Å². The van der Waals surface area contributed by atoms with Crippen LogP contribution in [0.4, 0.5) is 0 Å². The van der Waals surface area contributed by atoms with Crippen LogP contribution in [0.15, 0.2) is 0 Å². The summed E-state index contributed by atoms with van der Waals surface area (Å²) in [5.74, 6) is 0. The summed E-state index contributed by atoms with van der Waals surface area (Å²) >= 11 is 0. The summed E-state index contributed by atoms with van der Waals surface area (Å²) in [7, 11) is 1.76. The van der Waals surface area contributed by atoms with E-state index in [1.165, 1.54) is 25.7 Å². The van der Waals surface area contributed by atoms with Crippen molar-refractivity contribution >= 4 is 0 Å². The van der Waals surface area contributed by atoms with Gasteiger partial charge in [0.15, 0.2) is 0 Å². The van der Waals surface area contributed by atoms with Crippen molar-refractivity contribution in [1.82, 2.24) is 4.90 Å². The molecule has 0 N–H and O–H groups in total. The smallest absolute Gasteiger partial charge is 0.0628 e. The van der Waals surface area contributed by atoms with E-state index in [-0.39, 0.29) is 0 Å². The Balaban J connectivity index is 1.81. The molecule has 2 aliphatic rings. The van der Waals surface area contributed by atoms with Crippen molar-refractivity contribution in [3.05, 3.63) is 0 Å². The fourth-order valence-electron chi connectivity index (χ4n) is 2.21. The van der Waals surface area contributed by atoms with E-state index in [4.69, 9.17) is 10.00 Å². The minimum atomic E-state index is 0.352. The molecule has 0 aromatic rings. The normalized spacial score (nSPS) is 22.7. The van der Waals surface area contributed by atoms with Crippen molar-refractivity contribution < 1.29 is 4.74 Å². The Bertz CT molecular complexity index is 251. The van der Waals surface area contributed by atoms with Gasteiger partial charge in [-0.3, -0.25) is 4.90 Å². The maximum Gasteiger partial charge on any atom is 0.0628 e. The molecule has 84 valence electrons. The highest BCUT2D eigenvalue weighted by Crippen LogP contribution is 2.50. The largest absolute Gasteiger partial charge is 0.383 e. The first-order valence-electron chi connectivity index (χ1n) is 5.90. The first-order valence-corrected chi connectivity index (χ1v) is 5.90. The van der Waals surface area contributed by atoms with Crippen LogP contribution in [-0.2, 0) is 4.74 Å². The second kappa shape index (κ2) is 4.51. The van der Waals surface area contributed by atoms with Gasteiger partial charge in [0.25, 0.3) is 0 Å². The van der Waals surface area contributed by atoms with Crippen molar-refractivity contribution in [2.75, 3.05) is 26.8 Å². The minimum absolute atomic E-state index is 0.352. The second-order valence-electron chi connectivity index (χ2n) is 5.03. The van der Waals surface area contributed by atoms with Crippen molar-refractivity contribution in [2.24, 2.45) is 5.41 Å². The SMILES string of the molecule is COCCN(CC1(CC#N)CC1)C1CC1. The van der Waals surface area contributed by atoms with Gasteiger partial charge in [-0.15, -0.1) is 0 Å². The fraction of sp³-hybridized carbons (Fsp3) is 0.917. The van der Waals surface area contributed by atoms with Crippen LogP contribution < -0.4 is 0 Å². The molecular formula is C12H20N2O. The summed E-state index contributed by atoms with van der Waals surface area (Å²) < 4.78 is 5.14. The highest BCUT2D eigenvalue weighted by atomic mass is 16.5. The minimum Gasteiger partial charge on any atom is -0.383 e. The molecule has 3 nitrogen and oxygen atoms in total. The fourth-order valence-corrected chi connectivity index (χ4v) is 2.21. The molecule has 2 rings (SSSR count). The predicted molar refractivity (Wildman–Crippen MR) is 58.4 cm³/mol. The number of rotatable bonds is 7. The number of methoxy groups -OCH3 is 1. The summed E-state index contributed by atoms with van der Waals surface area (Å²) in [6.07, 6.45) is 5.91. The third-order valence-corrected chi connectivity index (χ3v) is 3.60. The van der Waals surface area contributed by atoms with Crippen LogP contribution in [0.1, 0.15) is 32.1 Å². The quantitative estimate of drug-likeness (QED) is 0.640. The zero-order valence-electron chi connectivity index (χ0n) is 9.54. The Labute approximate surface area is 92.0 Å². The van der Waals surface area contributed by atoms with Gasteiger partial charge in [0.05, 0.1) is 12.7 Å². The number of hydrogen-bond acceptors (Lipinski definition) is 3. The van der Waals surface area contributed by atoms with Crippen molar-refractivity contribution in [3.8, 4) is 6.07 Å². The van der Waals surface area contributed by atoms with Crippen molar-refractivity contribution in [2.45, 2.75) is 38.1 Å². The van der Waals surface area contributed by atoms with E-state index in [0.29, 0.717) is 5.41 Å². The third-order valence-electron chi connectivity index (χ3n) is 3.60. The van der Waals surface area contributed by atoms with Crippen molar-refractivity contribution in [3.63, 3.8) is 0 Å². The highest BCUT2D eigenvalue weighted by Gasteiger charge is 2.45. The van der Waals surface area contributed by atoms with Crippen molar-refractivity contribution in [1.29, 1.82) is 5.26 Å². The zero-order valence-corrected chi connectivity index (χ0v) is 9.54. The van der Waals surface area contributed by atoms with Crippen LogP contribution in [0.5, 0.6) is 0 Å². The molecule has 0 amide bonds. The van der Waals surface area contributed by atoms with E-state index in [0.717, 1.165) is 32.2 Å². The maximum atomic E-state index is 8.79. The lowest BCUT2D eigenvalue weighted by Crippen LogP contribution is -2.35. The van der Waals surface area contributed by atoms with Gasteiger partial charge in [-0.05, 0) is 31.1 Å². The monoisotopic (exact) mass is 208 g/mol. The van der Waals surface area contributed by atoms with E-state index in [1.54, 1.807) is 7.11 Å². The molecule has 0 aromatic carbocycles. The Morgan fingerprint density at radius 1 is 1.47 bits per heavy atom. The molecule has 0 aromatic heterocycles. The van der Waals surface area contributed by atoms with E-state index < -0.39 is 0 Å². The van der Waals surface area contributed by atoms with Gasteiger partial charge >= 0.3 is 0 Å².